The van der Waals surface area contributed by atoms with Gasteiger partial charge in [-0.3, -0.25) is 4.68 Å². The van der Waals surface area contributed by atoms with Crippen molar-refractivity contribution >= 4 is 0 Å². The SMILES string of the molecule is CCOc1ncc(Cn2ccc(C(F)(F)F)n2)cc1F. The molecule has 0 atom stereocenters. The summed E-state index contributed by atoms with van der Waals surface area (Å²) in [6.45, 7) is 1.96. The van der Waals surface area contributed by atoms with E-state index in [0.717, 1.165) is 16.8 Å². The van der Waals surface area contributed by atoms with Gasteiger partial charge in [0.1, 0.15) is 0 Å². The van der Waals surface area contributed by atoms with Crippen molar-refractivity contribution in [1.29, 1.82) is 0 Å². The smallest absolute Gasteiger partial charge is 0.435 e. The van der Waals surface area contributed by atoms with Gasteiger partial charge in [-0.25, -0.2) is 9.37 Å². The lowest BCUT2D eigenvalue weighted by Crippen LogP contribution is -2.09. The second-order valence-electron chi connectivity index (χ2n) is 3.96. The molecule has 2 aromatic rings. The highest BCUT2D eigenvalue weighted by Gasteiger charge is 2.33. The highest BCUT2D eigenvalue weighted by molar-refractivity contribution is 5.20. The Labute approximate surface area is 112 Å². The first kappa shape index (κ1) is 14.3. The number of aromatic nitrogens is 3. The molecule has 0 radical (unpaired) electrons. The van der Waals surface area contributed by atoms with Crippen LogP contribution in [0.1, 0.15) is 18.2 Å². The Morgan fingerprint density at radius 1 is 1.35 bits per heavy atom. The number of hydrogen-bond donors (Lipinski definition) is 0. The summed E-state index contributed by atoms with van der Waals surface area (Å²) < 4.78 is 56.7. The van der Waals surface area contributed by atoms with E-state index in [2.05, 4.69) is 10.1 Å². The summed E-state index contributed by atoms with van der Waals surface area (Å²) in [4.78, 5) is 3.76. The van der Waals surface area contributed by atoms with Crippen LogP contribution in [-0.4, -0.2) is 21.4 Å². The fraction of sp³-hybridized carbons (Fsp3) is 0.333. The normalized spacial score (nSPS) is 11.7. The average molecular weight is 289 g/mol. The molecule has 0 N–H and O–H groups in total. The maximum absolute atomic E-state index is 13.5. The quantitative estimate of drug-likeness (QED) is 0.813. The fourth-order valence-corrected chi connectivity index (χ4v) is 1.58. The van der Waals surface area contributed by atoms with E-state index in [4.69, 9.17) is 4.74 Å². The second kappa shape index (κ2) is 5.48. The van der Waals surface area contributed by atoms with E-state index in [1.165, 1.54) is 12.4 Å². The summed E-state index contributed by atoms with van der Waals surface area (Å²) >= 11 is 0. The first-order chi connectivity index (χ1) is 9.40. The van der Waals surface area contributed by atoms with Crippen molar-refractivity contribution in [3.05, 3.63) is 41.6 Å². The van der Waals surface area contributed by atoms with E-state index >= 15 is 0 Å². The molecule has 0 unspecified atom stereocenters. The van der Waals surface area contributed by atoms with Gasteiger partial charge in [0.25, 0.3) is 0 Å². The van der Waals surface area contributed by atoms with Gasteiger partial charge in [0.2, 0.25) is 5.88 Å². The van der Waals surface area contributed by atoms with Crippen LogP contribution < -0.4 is 4.74 Å². The molecule has 4 nitrogen and oxygen atoms in total. The molecule has 0 saturated carbocycles. The summed E-state index contributed by atoms with van der Waals surface area (Å²) in [5.74, 6) is -0.791. The first-order valence-corrected chi connectivity index (χ1v) is 5.78. The van der Waals surface area contributed by atoms with Gasteiger partial charge in [-0.2, -0.15) is 18.3 Å². The van der Waals surface area contributed by atoms with E-state index < -0.39 is 17.7 Å². The molecule has 2 heterocycles. The van der Waals surface area contributed by atoms with Crippen molar-refractivity contribution in [2.75, 3.05) is 6.61 Å². The lowest BCUT2D eigenvalue weighted by molar-refractivity contribution is -0.141. The van der Waals surface area contributed by atoms with Crippen molar-refractivity contribution < 1.29 is 22.3 Å². The lowest BCUT2D eigenvalue weighted by Gasteiger charge is -2.06. The number of rotatable bonds is 4. The Hall–Kier alpha value is -2.12. The predicted octanol–water partition coefficient (Wildman–Crippen LogP) is 2.88. The molecule has 0 aliphatic carbocycles. The topological polar surface area (TPSA) is 39.9 Å². The molecule has 0 fully saturated rings. The second-order valence-corrected chi connectivity index (χ2v) is 3.96. The molecule has 2 aromatic heterocycles. The average Bonchev–Trinajstić information content (AvgIpc) is 2.81. The van der Waals surface area contributed by atoms with Gasteiger partial charge in [0.05, 0.1) is 13.2 Å². The minimum absolute atomic E-state index is 0.00753. The van der Waals surface area contributed by atoms with E-state index in [0.29, 0.717) is 5.56 Å². The third-order valence-corrected chi connectivity index (χ3v) is 2.42. The van der Waals surface area contributed by atoms with Crippen LogP contribution in [0.15, 0.2) is 24.5 Å². The Balaban J connectivity index is 2.14. The standard InChI is InChI=1S/C12H11F4N3O/c1-2-20-11-9(13)5-8(6-17-11)7-19-4-3-10(18-19)12(14,15)16/h3-6H,2,7H2,1H3. The maximum atomic E-state index is 13.5. The van der Waals surface area contributed by atoms with E-state index in [9.17, 15) is 17.6 Å². The number of ether oxygens (including phenoxy) is 1. The fourth-order valence-electron chi connectivity index (χ4n) is 1.58. The van der Waals surface area contributed by atoms with Gasteiger partial charge in [-0.1, -0.05) is 0 Å². The molecule has 20 heavy (non-hydrogen) atoms. The lowest BCUT2D eigenvalue weighted by atomic mass is 10.3. The van der Waals surface area contributed by atoms with Gasteiger partial charge in [-0.05, 0) is 24.6 Å². The van der Waals surface area contributed by atoms with Crippen LogP contribution >= 0.6 is 0 Å². The number of hydrogen-bond acceptors (Lipinski definition) is 3. The Bertz CT molecular complexity index is 595. The molecule has 0 amide bonds. The summed E-state index contributed by atoms with van der Waals surface area (Å²) in [6, 6.07) is 2.02. The van der Waals surface area contributed by atoms with Crippen LogP contribution in [0, 0.1) is 5.82 Å². The number of pyridine rings is 1. The summed E-state index contributed by atoms with van der Waals surface area (Å²) in [5, 5.41) is 3.38. The highest BCUT2D eigenvalue weighted by Crippen LogP contribution is 2.27. The monoisotopic (exact) mass is 289 g/mol. The third-order valence-electron chi connectivity index (χ3n) is 2.42. The van der Waals surface area contributed by atoms with Crippen LogP contribution in [0.5, 0.6) is 5.88 Å². The van der Waals surface area contributed by atoms with Crippen molar-refractivity contribution in [2.24, 2.45) is 0 Å². The first-order valence-electron chi connectivity index (χ1n) is 5.78. The Morgan fingerprint density at radius 3 is 2.65 bits per heavy atom. The predicted molar refractivity (Wildman–Crippen MR) is 61.7 cm³/mol. The van der Waals surface area contributed by atoms with Gasteiger partial charge in [0.15, 0.2) is 11.5 Å². The zero-order valence-corrected chi connectivity index (χ0v) is 10.5. The Morgan fingerprint density at radius 2 is 2.10 bits per heavy atom. The van der Waals surface area contributed by atoms with Crippen LogP contribution in [0.3, 0.4) is 0 Å². The van der Waals surface area contributed by atoms with E-state index in [1.54, 1.807) is 6.92 Å². The number of nitrogens with zero attached hydrogens (tertiary/aromatic N) is 3. The van der Waals surface area contributed by atoms with Crippen LogP contribution in [0.25, 0.3) is 0 Å². The molecule has 0 aromatic carbocycles. The van der Waals surface area contributed by atoms with Crippen molar-refractivity contribution in [3.63, 3.8) is 0 Å². The number of alkyl halides is 3. The molecule has 8 heteroatoms. The summed E-state index contributed by atoms with van der Waals surface area (Å²) in [7, 11) is 0. The van der Waals surface area contributed by atoms with Gasteiger partial charge in [-0.15, -0.1) is 0 Å². The van der Waals surface area contributed by atoms with Crippen LogP contribution in [-0.2, 0) is 12.7 Å². The number of halogens is 4. The molecular formula is C12H11F4N3O. The largest absolute Gasteiger partial charge is 0.476 e. The summed E-state index contributed by atoms with van der Waals surface area (Å²) in [6.07, 6.45) is -1.98. The summed E-state index contributed by atoms with van der Waals surface area (Å²) in [5.41, 5.74) is -0.598. The van der Waals surface area contributed by atoms with Crippen LogP contribution in [0.4, 0.5) is 17.6 Å². The van der Waals surface area contributed by atoms with Crippen molar-refractivity contribution in [1.82, 2.24) is 14.8 Å². The minimum atomic E-state index is -4.49. The zero-order valence-electron chi connectivity index (χ0n) is 10.5. The maximum Gasteiger partial charge on any atom is 0.435 e. The van der Waals surface area contributed by atoms with Crippen molar-refractivity contribution in [3.8, 4) is 5.88 Å². The molecule has 108 valence electrons. The van der Waals surface area contributed by atoms with Gasteiger partial charge >= 0.3 is 6.18 Å². The molecule has 0 saturated heterocycles. The third kappa shape index (κ3) is 3.25. The molecular weight excluding hydrogens is 278 g/mol. The zero-order chi connectivity index (χ0) is 14.8. The Kier molecular flexibility index (Phi) is 3.91. The highest BCUT2D eigenvalue weighted by atomic mass is 19.4. The molecule has 0 aliphatic heterocycles. The van der Waals surface area contributed by atoms with Gasteiger partial charge in [0, 0.05) is 12.4 Å². The van der Waals surface area contributed by atoms with E-state index in [-0.39, 0.29) is 19.0 Å². The van der Waals surface area contributed by atoms with Crippen LogP contribution in [0.2, 0.25) is 0 Å². The molecule has 0 bridgehead atoms. The molecule has 0 aliphatic rings. The van der Waals surface area contributed by atoms with Crippen molar-refractivity contribution in [2.45, 2.75) is 19.6 Å². The minimum Gasteiger partial charge on any atom is -0.476 e. The molecule has 0 spiro atoms. The van der Waals surface area contributed by atoms with E-state index in [1.807, 2.05) is 0 Å². The van der Waals surface area contributed by atoms with Gasteiger partial charge < -0.3 is 4.74 Å². The molecule has 2 rings (SSSR count).